The van der Waals surface area contributed by atoms with E-state index in [2.05, 4.69) is 9.97 Å². The number of H-pyrrole nitrogens is 1. The van der Waals surface area contributed by atoms with E-state index < -0.39 is 10.0 Å². The normalized spacial score (nSPS) is 12.1. The minimum Gasteiger partial charge on any atom is -0.338 e. The van der Waals surface area contributed by atoms with Crippen molar-refractivity contribution in [1.82, 2.24) is 9.97 Å². The van der Waals surface area contributed by atoms with Crippen LogP contribution in [0.4, 0.5) is 4.39 Å². The maximum absolute atomic E-state index is 13.0. The molecule has 1 heterocycles. The standard InChI is InChI=1S/C21H16FN3O2S/c22-16-9-5-14(6-10-16)7-12-21-24-18-11-8-15(13-19(18)25-21)17-3-1-2-4-20(17)28(23,26)27/h1-13H,(H,24,25)(H2,23,26,27)/b12-7+. The third-order valence-corrected chi connectivity index (χ3v) is 5.28. The molecule has 3 N–H and O–H groups in total. The highest BCUT2D eigenvalue weighted by Crippen LogP contribution is 2.28. The van der Waals surface area contributed by atoms with Gasteiger partial charge in [0.2, 0.25) is 10.0 Å². The van der Waals surface area contributed by atoms with Gasteiger partial charge in [0.1, 0.15) is 11.6 Å². The number of halogens is 1. The number of rotatable bonds is 4. The Bertz CT molecular complexity index is 1290. The molecule has 7 heteroatoms. The number of aromatic nitrogens is 2. The summed E-state index contributed by atoms with van der Waals surface area (Å²) in [7, 11) is -3.84. The second kappa shape index (κ2) is 7.03. The van der Waals surface area contributed by atoms with Gasteiger partial charge in [-0.3, -0.25) is 0 Å². The number of nitrogens with two attached hydrogens (primary N) is 1. The summed E-state index contributed by atoms with van der Waals surface area (Å²) in [6, 6.07) is 18.2. The molecule has 0 aliphatic carbocycles. The molecule has 28 heavy (non-hydrogen) atoms. The van der Waals surface area contributed by atoms with Gasteiger partial charge in [0, 0.05) is 5.56 Å². The van der Waals surface area contributed by atoms with Gasteiger partial charge in [-0.15, -0.1) is 0 Å². The molecule has 4 aromatic rings. The van der Waals surface area contributed by atoms with Crippen LogP contribution < -0.4 is 5.14 Å². The molecular formula is C21H16FN3O2S. The van der Waals surface area contributed by atoms with Gasteiger partial charge in [-0.25, -0.2) is 22.9 Å². The first kappa shape index (κ1) is 18.1. The Hall–Kier alpha value is -3.29. The summed E-state index contributed by atoms with van der Waals surface area (Å²) in [5, 5.41) is 5.33. The molecule has 0 unspecified atom stereocenters. The zero-order chi connectivity index (χ0) is 19.7. The van der Waals surface area contributed by atoms with Crippen molar-refractivity contribution >= 4 is 33.2 Å². The number of aromatic amines is 1. The average molecular weight is 393 g/mol. The third kappa shape index (κ3) is 3.71. The van der Waals surface area contributed by atoms with Crippen LogP contribution in [0.2, 0.25) is 0 Å². The number of hydrogen-bond acceptors (Lipinski definition) is 3. The van der Waals surface area contributed by atoms with E-state index >= 15 is 0 Å². The predicted molar refractivity (Wildman–Crippen MR) is 108 cm³/mol. The maximum atomic E-state index is 13.0. The molecule has 0 radical (unpaired) electrons. The molecule has 0 amide bonds. The van der Waals surface area contributed by atoms with E-state index in [1.807, 2.05) is 24.3 Å². The number of primary sulfonamides is 1. The zero-order valence-corrected chi connectivity index (χ0v) is 15.4. The summed E-state index contributed by atoms with van der Waals surface area (Å²) < 4.78 is 36.7. The first-order valence-electron chi connectivity index (χ1n) is 8.46. The lowest BCUT2D eigenvalue weighted by atomic mass is 10.1. The monoisotopic (exact) mass is 393 g/mol. The van der Waals surface area contributed by atoms with Crippen molar-refractivity contribution in [2.45, 2.75) is 4.90 Å². The van der Waals surface area contributed by atoms with Crippen molar-refractivity contribution in [3.8, 4) is 11.1 Å². The number of benzene rings is 3. The van der Waals surface area contributed by atoms with E-state index in [9.17, 15) is 12.8 Å². The first-order valence-corrected chi connectivity index (χ1v) is 10.0. The molecular weight excluding hydrogens is 377 g/mol. The number of hydrogen-bond donors (Lipinski definition) is 2. The highest BCUT2D eigenvalue weighted by Gasteiger charge is 2.15. The molecule has 5 nitrogen and oxygen atoms in total. The topological polar surface area (TPSA) is 88.8 Å². The molecule has 0 aliphatic heterocycles. The van der Waals surface area contributed by atoms with E-state index in [1.165, 1.54) is 18.2 Å². The van der Waals surface area contributed by atoms with Gasteiger partial charge in [0.15, 0.2) is 0 Å². The van der Waals surface area contributed by atoms with E-state index in [4.69, 9.17) is 5.14 Å². The zero-order valence-electron chi connectivity index (χ0n) is 14.6. The van der Waals surface area contributed by atoms with Crippen LogP contribution in [0.5, 0.6) is 0 Å². The van der Waals surface area contributed by atoms with Crippen LogP contribution in [0.15, 0.2) is 71.6 Å². The Labute approximate surface area is 161 Å². The molecule has 0 atom stereocenters. The predicted octanol–water partition coefficient (Wildman–Crippen LogP) is 4.19. The fourth-order valence-corrected chi connectivity index (χ4v) is 3.73. The number of sulfonamides is 1. The van der Waals surface area contributed by atoms with Gasteiger partial charge < -0.3 is 4.98 Å². The Morgan fingerprint density at radius 3 is 2.46 bits per heavy atom. The van der Waals surface area contributed by atoms with Gasteiger partial charge in [-0.1, -0.05) is 42.5 Å². The smallest absolute Gasteiger partial charge is 0.238 e. The molecule has 140 valence electrons. The van der Waals surface area contributed by atoms with Crippen molar-refractivity contribution < 1.29 is 12.8 Å². The number of imidazole rings is 1. The van der Waals surface area contributed by atoms with Crippen molar-refractivity contribution in [3.05, 3.63) is 83.9 Å². The van der Waals surface area contributed by atoms with Crippen molar-refractivity contribution in [3.63, 3.8) is 0 Å². The van der Waals surface area contributed by atoms with Gasteiger partial charge >= 0.3 is 0 Å². The Morgan fingerprint density at radius 2 is 1.71 bits per heavy atom. The molecule has 0 spiro atoms. The van der Waals surface area contributed by atoms with Crippen molar-refractivity contribution in [1.29, 1.82) is 0 Å². The molecule has 0 fully saturated rings. The van der Waals surface area contributed by atoms with Crippen LogP contribution in [0.1, 0.15) is 11.4 Å². The minimum atomic E-state index is -3.84. The molecule has 0 saturated carbocycles. The van der Waals surface area contributed by atoms with Crippen LogP contribution in [0, 0.1) is 5.82 Å². The number of fused-ring (bicyclic) bond motifs is 1. The fourth-order valence-electron chi connectivity index (χ4n) is 2.97. The van der Waals surface area contributed by atoms with Gasteiger partial charge in [-0.05, 0) is 47.5 Å². The molecule has 4 rings (SSSR count). The summed E-state index contributed by atoms with van der Waals surface area (Å²) in [5.41, 5.74) is 3.59. The van der Waals surface area contributed by atoms with Crippen LogP contribution >= 0.6 is 0 Å². The highest BCUT2D eigenvalue weighted by molar-refractivity contribution is 7.89. The van der Waals surface area contributed by atoms with E-state index in [0.29, 0.717) is 22.5 Å². The van der Waals surface area contributed by atoms with E-state index in [1.54, 1.807) is 36.4 Å². The van der Waals surface area contributed by atoms with E-state index in [0.717, 1.165) is 11.1 Å². The fraction of sp³-hybridized carbons (Fsp3) is 0. The minimum absolute atomic E-state index is 0.0707. The van der Waals surface area contributed by atoms with Crippen LogP contribution in [0.25, 0.3) is 34.3 Å². The van der Waals surface area contributed by atoms with Gasteiger partial charge in [-0.2, -0.15) is 0 Å². The second-order valence-electron chi connectivity index (χ2n) is 6.28. The lowest BCUT2D eigenvalue weighted by Gasteiger charge is -2.07. The quantitative estimate of drug-likeness (QED) is 0.545. The number of nitrogens with zero attached hydrogens (tertiary/aromatic N) is 1. The van der Waals surface area contributed by atoms with Crippen molar-refractivity contribution in [2.75, 3.05) is 0 Å². The first-order chi connectivity index (χ1) is 13.4. The molecule has 0 aliphatic rings. The van der Waals surface area contributed by atoms with E-state index in [-0.39, 0.29) is 10.7 Å². The van der Waals surface area contributed by atoms with Gasteiger partial charge in [0.05, 0.1) is 15.9 Å². The Balaban J connectivity index is 1.71. The molecule has 0 saturated heterocycles. The molecule has 1 aromatic heterocycles. The summed E-state index contributed by atoms with van der Waals surface area (Å²) >= 11 is 0. The lowest BCUT2D eigenvalue weighted by Crippen LogP contribution is -2.13. The number of nitrogens with one attached hydrogen (secondary N) is 1. The highest BCUT2D eigenvalue weighted by atomic mass is 32.2. The summed E-state index contributed by atoms with van der Waals surface area (Å²) in [5.74, 6) is 0.351. The van der Waals surface area contributed by atoms with Crippen molar-refractivity contribution in [2.24, 2.45) is 5.14 Å². The Kier molecular flexibility index (Phi) is 4.54. The molecule has 3 aromatic carbocycles. The second-order valence-corrected chi connectivity index (χ2v) is 7.81. The maximum Gasteiger partial charge on any atom is 0.238 e. The lowest BCUT2D eigenvalue weighted by molar-refractivity contribution is 0.598. The average Bonchev–Trinajstić information content (AvgIpc) is 3.09. The SMILES string of the molecule is NS(=O)(=O)c1ccccc1-c1ccc2[nH]c(/C=C/c3ccc(F)cc3)nc2c1. The molecule has 0 bridgehead atoms. The largest absolute Gasteiger partial charge is 0.338 e. The summed E-state index contributed by atoms with van der Waals surface area (Å²) in [6.07, 6.45) is 3.62. The van der Waals surface area contributed by atoms with Crippen LogP contribution in [0.3, 0.4) is 0 Å². The van der Waals surface area contributed by atoms with Crippen LogP contribution in [-0.4, -0.2) is 18.4 Å². The third-order valence-electron chi connectivity index (χ3n) is 4.31. The van der Waals surface area contributed by atoms with Crippen LogP contribution in [-0.2, 0) is 10.0 Å². The van der Waals surface area contributed by atoms with Gasteiger partial charge in [0.25, 0.3) is 0 Å². The Morgan fingerprint density at radius 1 is 0.964 bits per heavy atom. The summed E-state index contributed by atoms with van der Waals surface area (Å²) in [6.45, 7) is 0. The summed E-state index contributed by atoms with van der Waals surface area (Å²) in [4.78, 5) is 7.78.